The third-order valence-electron chi connectivity index (χ3n) is 11.0. The van der Waals surface area contributed by atoms with Crippen LogP contribution in [0.15, 0.2) is 11.6 Å². The minimum atomic E-state index is -4.93. The fourth-order valence-electron chi connectivity index (χ4n) is 8.97. The number of rotatable bonds is 8. The van der Waals surface area contributed by atoms with Gasteiger partial charge in [-0.25, -0.2) is 4.79 Å². The minimum Gasteiger partial charge on any atom is -0.455 e. The lowest BCUT2D eigenvalue weighted by molar-refractivity contribution is -0.206. The highest BCUT2D eigenvalue weighted by molar-refractivity contribution is 5.76. The van der Waals surface area contributed by atoms with Crippen LogP contribution < -0.4 is 5.32 Å². The molecule has 8 atom stereocenters. The molecule has 4 aliphatic carbocycles. The van der Waals surface area contributed by atoms with E-state index < -0.39 is 18.2 Å². The van der Waals surface area contributed by atoms with E-state index in [1.807, 2.05) is 0 Å². The second-order valence-electron chi connectivity index (χ2n) is 13.0. The number of hydrogen-bond donors (Lipinski definition) is 1. The fourth-order valence-corrected chi connectivity index (χ4v) is 8.97. The number of carbonyl (C=O) groups excluding carboxylic acids is 2. The summed E-state index contributed by atoms with van der Waals surface area (Å²) in [4.78, 5) is 23.7. The van der Waals surface area contributed by atoms with Gasteiger partial charge in [-0.1, -0.05) is 45.8 Å². The van der Waals surface area contributed by atoms with E-state index in [2.05, 4.69) is 39.1 Å². The van der Waals surface area contributed by atoms with Gasteiger partial charge in [0.05, 0.1) is 0 Å². The fraction of sp³-hybridized carbons (Fsp3) is 0.867. The first kappa shape index (κ1) is 28.5. The quantitative estimate of drug-likeness (QED) is 0.204. The summed E-state index contributed by atoms with van der Waals surface area (Å²) in [6.45, 7) is 10.1. The number of carbonyl (C=O) groups is 2. The maximum Gasteiger partial charge on any atom is 0.490 e. The average molecular weight is 526 g/mol. The van der Waals surface area contributed by atoms with Gasteiger partial charge in [0.25, 0.3) is 0 Å². The normalized spacial score (nSPS) is 38.0. The molecule has 1 unspecified atom stereocenters. The number of ether oxygens (including phenoxy) is 1. The SMILES string of the molecule is CCCCNC(=O)CC[C@@H](C)[C@H]1CC[C@H]2C3CC=C4C[C@@H](OC(=O)C(F)(F)F)CC[C@]4(C)[C@H]3CC[C@]12C. The zero-order chi connectivity index (χ0) is 27.0. The number of halogens is 3. The molecule has 0 saturated heterocycles. The van der Waals surface area contributed by atoms with Crippen LogP contribution in [-0.4, -0.2) is 30.7 Å². The Kier molecular flexibility index (Phi) is 8.40. The zero-order valence-electron chi connectivity index (χ0n) is 23.1. The van der Waals surface area contributed by atoms with Crippen molar-refractivity contribution in [2.75, 3.05) is 6.54 Å². The number of esters is 1. The summed E-state index contributed by atoms with van der Waals surface area (Å²) in [5, 5.41) is 3.06. The van der Waals surface area contributed by atoms with Crippen LogP contribution in [0.2, 0.25) is 0 Å². The van der Waals surface area contributed by atoms with E-state index in [1.54, 1.807) is 0 Å². The van der Waals surface area contributed by atoms with Crippen molar-refractivity contribution in [3.05, 3.63) is 11.6 Å². The van der Waals surface area contributed by atoms with Crippen LogP contribution in [0.25, 0.3) is 0 Å². The molecule has 0 bridgehead atoms. The minimum absolute atomic E-state index is 0.00827. The molecule has 4 aliphatic rings. The van der Waals surface area contributed by atoms with Crippen molar-refractivity contribution in [1.82, 2.24) is 5.32 Å². The molecule has 3 saturated carbocycles. The lowest BCUT2D eigenvalue weighted by Gasteiger charge is -2.58. The maximum absolute atomic E-state index is 12.7. The standard InChI is InChI=1S/C30H46F3NO3/c1-5-6-17-34-26(35)12-7-19(2)23-10-11-24-22-9-8-20-18-21(37-27(36)30(31,32)33)13-15-28(20,3)25(22)14-16-29(23,24)4/h8,19,21-25H,5-7,9-18H2,1-4H3,(H,34,35)/t19-,21+,22?,23-,24+,25+,28+,29-/m1/s1. The van der Waals surface area contributed by atoms with Gasteiger partial charge in [0.15, 0.2) is 0 Å². The van der Waals surface area contributed by atoms with Crippen molar-refractivity contribution in [2.24, 2.45) is 40.4 Å². The highest BCUT2D eigenvalue weighted by Gasteiger charge is 2.59. The molecule has 3 fully saturated rings. The number of amides is 1. The monoisotopic (exact) mass is 525 g/mol. The Labute approximate surface area is 220 Å². The molecule has 4 rings (SSSR count). The molecular weight excluding hydrogens is 479 g/mol. The third kappa shape index (κ3) is 5.61. The van der Waals surface area contributed by atoms with Crippen molar-refractivity contribution in [1.29, 1.82) is 0 Å². The Bertz CT molecular complexity index is 886. The highest BCUT2D eigenvalue weighted by Crippen LogP contribution is 2.67. The van der Waals surface area contributed by atoms with Gasteiger partial charge in [0.1, 0.15) is 6.10 Å². The van der Waals surface area contributed by atoms with Gasteiger partial charge in [-0.05, 0) is 98.2 Å². The number of allylic oxidation sites excluding steroid dienone is 1. The Morgan fingerprint density at radius 3 is 2.59 bits per heavy atom. The Morgan fingerprint density at radius 2 is 1.89 bits per heavy atom. The Balaban J connectivity index is 1.39. The molecule has 1 amide bonds. The largest absolute Gasteiger partial charge is 0.490 e. The topological polar surface area (TPSA) is 55.4 Å². The molecule has 0 aromatic rings. The summed E-state index contributed by atoms with van der Waals surface area (Å²) < 4.78 is 43.0. The number of unbranched alkanes of at least 4 members (excludes halogenated alkanes) is 1. The van der Waals surface area contributed by atoms with E-state index in [4.69, 9.17) is 4.74 Å². The highest BCUT2D eigenvalue weighted by atomic mass is 19.4. The molecule has 1 N–H and O–H groups in total. The molecule has 210 valence electrons. The van der Waals surface area contributed by atoms with E-state index in [0.29, 0.717) is 54.3 Å². The Hall–Kier alpha value is -1.53. The second-order valence-corrected chi connectivity index (χ2v) is 13.0. The van der Waals surface area contributed by atoms with Gasteiger partial charge in [0.2, 0.25) is 5.91 Å². The van der Waals surface area contributed by atoms with Gasteiger partial charge < -0.3 is 10.1 Å². The van der Waals surface area contributed by atoms with Crippen molar-refractivity contribution < 1.29 is 27.5 Å². The summed E-state index contributed by atoms with van der Waals surface area (Å²) in [6, 6.07) is 0. The van der Waals surface area contributed by atoms with Crippen LogP contribution in [0.3, 0.4) is 0 Å². The summed E-state index contributed by atoms with van der Waals surface area (Å²) in [5.41, 5.74) is 1.49. The van der Waals surface area contributed by atoms with Gasteiger partial charge in [-0.15, -0.1) is 0 Å². The lowest BCUT2D eigenvalue weighted by atomic mass is 9.47. The van der Waals surface area contributed by atoms with E-state index in [0.717, 1.165) is 45.1 Å². The average Bonchev–Trinajstić information content (AvgIpc) is 3.19. The van der Waals surface area contributed by atoms with Gasteiger partial charge in [-0.2, -0.15) is 13.2 Å². The number of alkyl halides is 3. The predicted molar refractivity (Wildman–Crippen MR) is 137 cm³/mol. The molecule has 0 aliphatic heterocycles. The zero-order valence-corrected chi connectivity index (χ0v) is 23.1. The molecule has 4 nitrogen and oxygen atoms in total. The van der Waals surface area contributed by atoms with Crippen molar-refractivity contribution in [2.45, 2.75) is 117 Å². The first-order valence-corrected chi connectivity index (χ1v) is 14.6. The first-order valence-electron chi connectivity index (χ1n) is 14.6. The third-order valence-corrected chi connectivity index (χ3v) is 11.0. The molecule has 7 heteroatoms. The molecule has 0 radical (unpaired) electrons. The van der Waals surface area contributed by atoms with Crippen LogP contribution >= 0.6 is 0 Å². The predicted octanol–water partition coefficient (Wildman–Crippen LogP) is 7.37. The Morgan fingerprint density at radius 1 is 1.14 bits per heavy atom. The second kappa shape index (κ2) is 10.9. The molecule has 0 aromatic carbocycles. The number of hydrogen-bond acceptors (Lipinski definition) is 3. The summed E-state index contributed by atoms with van der Waals surface area (Å²) in [5.74, 6) is 1.09. The van der Waals surface area contributed by atoms with Crippen LogP contribution in [0.5, 0.6) is 0 Å². The smallest absolute Gasteiger partial charge is 0.455 e. The van der Waals surface area contributed by atoms with Gasteiger partial charge in [0, 0.05) is 19.4 Å². The maximum atomic E-state index is 12.7. The molecule has 37 heavy (non-hydrogen) atoms. The van der Waals surface area contributed by atoms with Crippen molar-refractivity contribution in [3.8, 4) is 0 Å². The first-order chi connectivity index (χ1) is 17.4. The molecule has 0 aromatic heterocycles. The van der Waals surface area contributed by atoms with Crippen LogP contribution in [0.1, 0.15) is 105 Å². The van der Waals surface area contributed by atoms with E-state index in [1.165, 1.54) is 24.8 Å². The summed E-state index contributed by atoms with van der Waals surface area (Å²) in [7, 11) is 0. The molecular formula is C30H46F3NO3. The molecule has 0 heterocycles. The van der Waals surface area contributed by atoms with Crippen LogP contribution in [0, 0.1) is 40.4 Å². The van der Waals surface area contributed by atoms with E-state index in [9.17, 15) is 22.8 Å². The van der Waals surface area contributed by atoms with Crippen LogP contribution in [-0.2, 0) is 14.3 Å². The van der Waals surface area contributed by atoms with E-state index >= 15 is 0 Å². The number of nitrogens with one attached hydrogen (secondary N) is 1. The lowest BCUT2D eigenvalue weighted by Crippen LogP contribution is -2.51. The van der Waals surface area contributed by atoms with Crippen molar-refractivity contribution >= 4 is 11.9 Å². The summed E-state index contributed by atoms with van der Waals surface area (Å²) >= 11 is 0. The van der Waals surface area contributed by atoms with Gasteiger partial charge >= 0.3 is 12.1 Å². The van der Waals surface area contributed by atoms with E-state index in [-0.39, 0.29) is 11.3 Å². The van der Waals surface area contributed by atoms with Gasteiger partial charge in [-0.3, -0.25) is 4.79 Å². The molecule has 0 spiro atoms. The number of fused-ring (bicyclic) bond motifs is 5. The summed E-state index contributed by atoms with van der Waals surface area (Å²) in [6.07, 6.45) is 7.85. The van der Waals surface area contributed by atoms with Crippen LogP contribution in [0.4, 0.5) is 13.2 Å². The van der Waals surface area contributed by atoms with Crippen molar-refractivity contribution in [3.63, 3.8) is 0 Å².